The summed E-state index contributed by atoms with van der Waals surface area (Å²) in [5.74, 6) is -3.37. The number of carbonyl (C=O) groups excluding carboxylic acids is 2. The number of ether oxygens (including phenoxy) is 1. The lowest BCUT2D eigenvalue weighted by Crippen LogP contribution is -2.35. The fourth-order valence-corrected chi connectivity index (χ4v) is 4.04. The topological polar surface area (TPSA) is 105 Å². The minimum Gasteiger partial charge on any atom is -0.478 e. The highest BCUT2D eigenvalue weighted by atomic mass is 19.1. The first-order chi connectivity index (χ1) is 16.3. The molecule has 0 radical (unpaired) electrons. The Morgan fingerprint density at radius 3 is 2.24 bits per heavy atom. The van der Waals surface area contributed by atoms with Crippen LogP contribution in [0.1, 0.15) is 34.3 Å². The summed E-state index contributed by atoms with van der Waals surface area (Å²) < 4.78 is 18.8. The van der Waals surface area contributed by atoms with E-state index in [1.54, 1.807) is 6.92 Å². The number of fused-ring (bicyclic) bond motifs is 3. The lowest BCUT2D eigenvalue weighted by Gasteiger charge is -2.16. The van der Waals surface area contributed by atoms with Crippen molar-refractivity contribution in [1.29, 1.82) is 0 Å². The summed E-state index contributed by atoms with van der Waals surface area (Å²) in [5, 5.41) is 14.2. The molecule has 0 heterocycles. The van der Waals surface area contributed by atoms with Gasteiger partial charge in [-0.25, -0.2) is 14.0 Å². The molecule has 2 amide bonds. The maximum absolute atomic E-state index is 13.3. The molecule has 0 spiro atoms. The van der Waals surface area contributed by atoms with Gasteiger partial charge in [-0.15, -0.1) is 0 Å². The van der Waals surface area contributed by atoms with Crippen molar-refractivity contribution in [2.45, 2.75) is 12.8 Å². The van der Waals surface area contributed by atoms with Gasteiger partial charge >= 0.3 is 12.1 Å². The number of rotatable bonds is 7. The quantitative estimate of drug-likeness (QED) is 0.475. The molecule has 1 unspecified atom stereocenters. The van der Waals surface area contributed by atoms with Crippen LogP contribution in [0.15, 0.2) is 66.7 Å². The van der Waals surface area contributed by atoms with Crippen LogP contribution in [0.2, 0.25) is 0 Å². The lowest BCUT2D eigenvalue weighted by molar-refractivity contribution is -0.119. The maximum Gasteiger partial charge on any atom is 0.407 e. The SMILES string of the molecule is CC(CNC(=O)OCC1c2ccccc2-c2ccccc21)C(=O)Nc1ccc(F)cc1C(=O)O. The van der Waals surface area contributed by atoms with Gasteiger partial charge in [-0.1, -0.05) is 55.5 Å². The zero-order valence-electron chi connectivity index (χ0n) is 18.4. The van der Waals surface area contributed by atoms with Crippen molar-refractivity contribution in [3.05, 3.63) is 89.2 Å². The molecule has 4 rings (SSSR count). The first-order valence-corrected chi connectivity index (χ1v) is 10.8. The van der Waals surface area contributed by atoms with Gasteiger partial charge in [-0.05, 0) is 40.5 Å². The number of halogens is 1. The Bertz CT molecular complexity index is 1210. The molecule has 0 saturated heterocycles. The molecule has 174 valence electrons. The number of aromatic carboxylic acids is 1. The van der Waals surface area contributed by atoms with Gasteiger partial charge in [0.2, 0.25) is 5.91 Å². The monoisotopic (exact) mass is 462 g/mol. The van der Waals surface area contributed by atoms with Gasteiger partial charge in [0.1, 0.15) is 12.4 Å². The van der Waals surface area contributed by atoms with Gasteiger partial charge in [-0.3, -0.25) is 4.79 Å². The summed E-state index contributed by atoms with van der Waals surface area (Å²) in [6, 6.07) is 19.1. The van der Waals surface area contributed by atoms with E-state index in [0.29, 0.717) is 0 Å². The van der Waals surface area contributed by atoms with Crippen molar-refractivity contribution < 1.29 is 28.6 Å². The highest BCUT2D eigenvalue weighted by Crippen LogP contribution is 2.44. The lowest BCUT2D eigenvalue weighted by atomic mass is 9.98. The van der Waals surface area contributed by atoms with Crippen molar-refractivity contribution >= 4 is 23.7 Å². The van der Waals surface area contributed by atoms with Crippen LogP contribution in [0.3, 0.4) is 0 Å². The second-order valence-electron chi connectivity index (χ2n) is 8.09. The number of anilines is 1. The zero-order valence-corrected chi connectivity index (χ0v) is 18.4. The molecule has 8 heteroatoms. The van der Waals surface area contributed by atoms with Gasteiger partial charge in [0.15, 0.2) is 0 Å². The number of carboxylic acids is 1. The van der Waals surface area contributed by atoms with E-state index in [2.05, 4.69) is 10.6 Å². The van der Waals surface area contributed by atoms with Gasteiger partial charge in [0, 0.05) is 12.5 Å². The molecular weight excluding hydrogens is 439 g/mol. The number of nitrogens with one attached hydrogen (secondary N) is 2. The third kappa shape index (κ3) is 4.76. The van der Waals surface area contributed by atoms with Crippen molar-refractivity contribution in [3.63, 3.8) is 0 Å². The largest absolute Gasteiger partial charge is 0.478 e. The van der Waals surface area contributed by atoms with E-state index in [-0.39, 0.29) is 30.3 Å². The molecule has 3 N–H and O–H groups in total. The molecule has 3 aromatic carbocycles. The Morgan fingerprint density at radius 1 is 1.00 bits per heavy atom. The predicted octanol–water partition coefficient (Wildman–Crippen LogP) is 4.64. The summed E-state index contributed by atoms with van der Waals surface area (Å²) in [6.45, 7) is 1.70. The molecule has 7 nitrogen and oxygen atoms in total. The molecular formula is C26H23FN2O5. The highest BCUT2D eigenvalue weighted by Gasteiger charge is 2.29. The minimum absolute atomic E-state index is 0.0214. The average Bonchev–Trinajstić information content (AvgIpc) is 3.15. The Hall–Kier alpha value is -4.20. The Kier molecular flexibility index (Phi) is 6.58. The molecule has 34 heavy (non-hydrogen) atoms. The minimum atomic E-state index is -1.36. The van der Waals surface area contributed by atoms with E-state index in [9.17, 15) is 23.9 Å². The second kappa shape index (κ2) is 9.74. The first-order valence-electron chi connectivity index (χ1n) is 10.8. The second-order valence-corrected chi connectivity index (χ2v) is 8.09. The molecule has 1 aliphatic rings. The number of hydrogen-bond acceptors (Lipinski definition) is 4. The predicted molar refractivity (Wildman–Crippen MR) is 124 cm³/mol. The van der Waals surface area contributed by atoms with E-state index < -0.39 is 29.7 Å². The maximum atomic E-state index is 13.3. The van der Waals surface area contributed by atoms with Crippen molar-refractivity contribution in [2.24, 2.45) is 5.92 Å². The fourth-order valence-electron chi connectivity index (χ4n) is 4.04. The van der Waals surface area contributed by atoms with Gasteiger partial charge in [0.25, 0.3) is 0 Å². The van der Waals surface area contributed by atoms with Crippen LogP contribution in [0, 0.1) is 11.7 Å². The normalized spacial score (nSPS) is 12.9. The van der Waals surface area contributed by atoms with Crippen molar-refractivity contribution in [3.8, 4) is 11.1 Å². The van der Waals surface area contributed by atoms with Crippen molar-refractivity contribution in [1.82, 2.24) is 5.32 Å². The molecule has 0 aliphatic heterocycles. The third-order valence-electron chi connectivity index (χ3n) is 5.81. The molecule has 0 aromatic heterocycles. The van der Waals surface area contributed by atoms with Crippen molar-refractivity contribution in [2.75, 3.05) is 18.5 Å². The average molecular weight is 462 g/mol. The number of alkyl carbamates (subject to hydrolysis) is 1. The number of benzene rings is 3. The number of hydrogen-bond donors (Lipinski definition) is 3. The van der Waals surface area contributed by atoms with Crippen LogP contribution < -0.4 is 10.6 Å². The standard InChI is InChI=1S/C26H23FN2O5/c1-15(24(30)29-23-11-10-16(27)12-21(23)25(31)32)13-28-26(33)34-14-22-19-8-4-2-6-17(19)18-7-3-5-9-20(18)22/h2-12,15,22H,13-14H2,1H3,(H,28,33)(H,29,30)(H,31,32). The summed E-state index contributed by atoms with van der Waals surface area (Å²) in [6.07, 6.45) is -0.658. The van der Waals surface area contributed by atoms with Crippen LogP contribution in [0.25, 0.3) is 11.1 Å². The third-order valence-corrected chi connectivity index (χ3v) is 5.81. The molecule has 0 saturated carbocycles. The van der Waals surface area contributed by atoms with Gasteiger partial charge in [-0.2, -0.15) is 0 Å². The fraction of sp³-hybridized carbons (Fsp3) is 0.192. The Balaban J connectivity index is 1.32. The Labute approximate surface area is 195 Å². The van der Waals surface area contributed by atoms with Gasteiger partial charge in [0.05, 0.1) is 17.2 Å². The molecule has 1 atom stereocenters. The number of amides is 2. The van der Waals surface area contributed by atoms with E-state index in [1.807, 2.05) is 48.5 Å². The number of carbonyl (C=O) groups is 3. The first kappa shape index (κ1) is 23.0. The summed E-state index contributed by atoms with van der Waals surface area (Å²) in [7, 11) is 0. The molecule has 0 bridgehead atoms. The van der Waals surface area contributed by atoms with Crippen LogP contribution in [-0.4, -0.2) is 36.2 Å². The summed E-state index contributed by atoms with van der Waals surface area (Å²) in [5.41, 5.74) is 4.06. The molecule has 0 fully saturated rings. The number of carboxylic acid groups (broad SMARTS) is 1. The van der Waals surface area contributed by atoms with Crippen LogP contribution in [0.5, 0.6) is 0 Å². The van der Waals surface area contributed by atoms with Crippen LogP contribution >= 0.6 is 0 Å². The molecule has 1 aliphatic carbocycles. The highest BCUT2D eigenvalue weighted by molar-refractivity contribution is 6.01. The van der Waals surface area contributed by atoms with Crippen LogP contribution in [-0.2, 0) is 9.53 Å². The van der Waals surface area contributed by atoms with E-state index in [4.69, 9.17) is 4.74 Å². The van der Waals surface area contributed by atoms with E-state index >= 15 is 0 Å². The summed E-state index contributed by atoms with van der Waals surface area (Å²) in [4.78, 5) is 36.0. The van der Waals surface area contributed by atoms with Gasteiger partial charge < -0.3 is 20.5 Å². The zero-order chi connectivity index (χ0) is 24.2. The molecule has 3 aromatic rings. The van der Waals surface area contributed by atoms with Crippen LogP contribution in [0.4, 0.5) is 14.9 Å². The van der Waals surface area contributed by atoms with E-state index in [1.165, 1.54) is 6.07 Å². The summed E-state index contributed by atoms with van der Waals surface area (Å²) >= 11 is 0. The Morgan fingerprint density at radius 2 is 1.62 bits per heavy atom. The smallest absolute Gasteiger partial charge is 0.407 e. The van der Waals surface area contributed by atoms with E-state index in [0.717, 1.165) is 34.4 Å².